The molecular weight excluding hydrogens is 661 g/mol. The number of benzene rings is 2. The van der Waals surface area contributed by atoms with Crippen molar-refractivity contribution < 1.29 is 46.1 Å². The fourth-order valence-corrected chi connectivity index (χ4v) is 6.37. The SMILES string of the molecule is C=CCC(F)(F)c1cc([C@H]2OC(=O)N(Cc3nc(N4CCC4)cc(C)c3-c3cc(CCC(=O)O)ccc3OC3CC3)[C@H]2C)cc(C(F)(F)F)c1. The topological polar surface area (TPSA) is 92.2 Å². The van der Waals surface area contributed by atoms with Gasteiger partial charge in [-0.05, 0) is 92.6 Å². The average Bonchev–Trinajstić information content (AvgIpc) is 3.79. The number of rotatable bonds is 13. The van der Waals surface area contributed by atoms with Crippen molar-refractivity contribution in [3.63, 3.8) is 0 Å². The summed E-state index contributed by atoms with van der Waals surface area (Å²) in [6, 6.07) is 8.72. The van der Waals surface area contributed by atoms with Crippen LogP contribution in [-0.4, -0.2) is 52.3 Å². The van der Waals surface area contributed by atoms with Crippen LogP contribution in [0, 0.1) is 6.92 Å². The maximum Gasteiger partial charge on any atom is 0.416 e. The van der Waals surface area contributed by atoms with Crippen molar-refractivity contribution in [3.8, 4) is 16.9 Å². The van der Waals surface area contributed by atoms with E-state index < -0.39 is 53.9 Å². The number of nitrogens with zero attached hydrogens (tertiary/aromatic N) is 3. The molecule has 0 spiro atoms. The first-order valence-corrected chi connectivity index (χ1v) is 16.6. The van der Waals surface area contributed by atoms with Crippen molar-refractivity contribution in [1.29, 1.82) is 0 Å². The van der Waals surface area contributed by atoms with Gasteiger partial charge >= 0.3 is 18.2 Å². The molecule has 8 nitrogen and oxygen atoms in total. The Bertz CT molecular complexity index is 1800. The van der Waals surface area contributed by atoms with Crippen LogP contribution < -0.4 is 9.64 Å². The number of pyridine rings is 1. The molecule has 13 heteroatoms. The lowest BCUT2D eigenvalue weighted by atomic mass is 9.93. The van der Waals surface area contributed by atoms with E-state index in [0.717, 1.165) is 61.7 Å². The van der Waals surface area contributed by atoms with Crippen LogP contribution in [0.5, 0.6) is 5.75 Å². The Morgan fingerprint density at radius 2 is 1.82 bits per heavy atom. The molecule has 266 valence electrons. The number of aliphatic carboxylic acids is 1. The fraction of sp³-hybridized carbons (Fsp3) is 0.432. The number of aryl methyl sites for hydroxylation is 2. The van der Waals surface area contributed by atoms with Gasteiger partial charge in [0.2, 0.25) is 0 Å². The van der Waals surface area contributed by atoms with Gasteiger partial charge in [-0.25, -0.2) is 18.6 Å². The van der Waals surface area contributed by atoms with Crippen LogP contribution in [-0.2, 0) is 34.6 Å². The molecule has 1 N–H and O–H groups in total. The number of alkyl halides is 5. The molecule has 0 unspecified atom stereocenters. The summed E-state index contributed by atoms with van der Waals surface area (Å²) in [4.78, 5) is 33.3. The third kappa shape index (κ3) is 7.41. The molecule has 1 amide bonds. The molecule has 2 atom stereocenters. The second kappa shape index (κ2) is 13.6. The number of amides is 1. The lowest BCUT2D eigenvalue weighted by Gasteiger charge is -2.33. The average molecular weight is 700 g/mol. The third-order valence-corrected chi connectivity index (χ3v) is 9.36. The van der Waals surface area contributed by atoms with Gasteiger partial charge in [0.05, 0.1) is 29.9 Å². The quantitative estimate of drug-likeness (QED) is 0.141. The van der Waals surface area contributed by atoms with E-state index in [1.54, 1.807) is 6.92 Å². The zero-order valence-electron chi connectivity index (χ0n) is 27.7. The molecule has 3 heterocycles. The van der Waals surface area contributed by atoms with Crippen molar-refractivity contribution in [1.82, 2.24) is 9.88 Å². The zero-order chi connectivity index (χ0) is 36.0. The molecule has 2 saturated heterocycles. The van der Waals surface area contributed by atoms with Crippen molar-refractivity contribution in [2.45, 2.75) is 89.3 Å². The summed E-state index contributed by atoms with van der Waals surface area (Å²) >= 11 is 0. The van der Waals surface area contributed by atoms with Crippen molar-refractivity contribution in [3.05, 3.63) is 88.6 Å². The van der Waals surface area contributed by atoms with E-state index >= 15 is 0 Å². The maximum atomic E-state index is 14.9. The van der Waals surface area contributed by atoms with Gasteiger partial charge in [0, 0.05) is 42.6 Å². The van der Waals surface area contributed by atoms with Crippen molar-refractivity contribution >= 4 is 17.9 Å². The van der Waals surface area contributed by atoms with Gasteiger partial charge in [-0.15, -0.1) is 6.58 Å². The summed E-state index contributed by atoms with van der Waals surface area (Å²) in [5.74, 6) is -3.28. The van der Waals surface area contributed by atoms with Gasteiger partial charge in [0.1, 0.15) is 17.7 Å². The number of aromatic nitrogens is 1. The van der Waals surface area contributed by atoms with Gasteiger partial charge in [0.15, 0.2) is 0 Å². The molecule has 0 bridgehead atoms. The Kier molecular flexibility index (Phi) is 9.53. The van der Waals surface area contributed by atoms with Crippen LogP contribution in [0.25, 0.3) is 11.1 Å². The van der Waals surface area contributed by atoms with E-state index in [-0.39, 0.29) is 31.1 Å². The molecule has 2 aliphatic heterocycles. The molecule has 1 aromatic heterocycles. The number of carboxylic acids is 1. The summed E-state index contributed by atoms with van der Waals surface area (Å²) in [6.07, 6.45) is -3.94. The number of allylic oxidation sites excluding steroid dienone is 1. The highest BCUT2D eigenvalue weighted by molar-refractivity contribution is 5.79. The van der Waals surface area contributed by atoms with Crippen LogP contribution in [0.4, 0.5) is 32.6 Å². The minimum absolute atomic E-state index is 0.0428. The molecule has 2 aromatic carbocycles. The second-order valence-electron chi connectivity index (χ2n) is 13.2. The Morgan fingerprint density at radius 3 is 2.44 bits per heavy atom. The minimum Gasteiger partial charge on any atom is -0.490 e. The summed E-state index contributed by atoms with van der Waals surface area (Å²) in [5, 5.41) is 9.30. The zero-order valence-corrected chi connectivity index (χ0v) is 27.7. The molecule has 3 aromatic rings. The smallest absolute Gasteiger partial charge is 0.416 e. The monoisotopic (exact) mass is 699 g/mol. The first kappa shape index (κ1) is 35.2. The molecule has 1 saturated carbocycles. The summed E-state index contributed by atoms with van der Waals surface area (Å²) in [6.45, 7) is 8.30. The largest absolute Gasteiger partial charge is 0.490 e. The minimum atomic E-state index is -4.92. The molecule has 3 aliphatic rings. The normalized spacial score (nSPS) is 19.3. The molecule has 3 fully saturated rings. The van der Waals surface area contributed by atoms with Crippen molar-refractivity contribution in [2.75, 3.05) is 18.0 Å². The lowest BCUT2D eigenvalue weighted by molar-refractivity contribution is -0.138. The van der Waals surface area contributed by atoms with Crippen molar-refractivity contribution in [2.24, 2.45) is 0 Å². The first-order valence-electron chi connectivity index (χ1n) is 16.6. The maximum absolute atomic E-state index is 14.9. The van der Waals surface area contributed by atoms with Crippen LogP contribution in [0.15, 0.2) is 55.1 Å². The highest BCUT2D eigenvalue weighted by atomic mass is 19.4. The van der Waals surface area contributed by atoms with E-state index in [4.69, 9.17) is 14.5 Å². The van der Waals surface area contributed by atoms with Crippen LogP contribution >= 0.6 is 0 Å². The first-order chi connectivity index (χ1) is 23.6. The number of anilines is 1. The van der Waals surface area contributed by atoms with E-state index in [1.807, 2.05) is 31.2 Å². The fourth-order valence-electron chi connectivity index (χ4n) is 6.37. The van der Waals surface area contributed by atoms with E-state index in [2.05, 4.69) is 11.5 Å². The summed E-state index contributed by atoms with van der Waals surface area (Å²) < 4.78 is 83.5. The Labute approximate surface area is 286 Å². The number of carboxylic acid groups (broad SMARTS) is 1. The van der Waals surface area contributed by atoms with E-state index in [1.165, 1.54) is 4.90 Å². The summed E-state index contributed by atoms with van der Waals surface area (Å²) in [7, 11) is 0. The third-order valence-electron chi connectivity index (χ3n) is 9.36. The lowest BCUT2D eigenvalue weighted by Crippen LogP contribution is -2.38. The summed E-state index contributed by atoms with van der Waals surface area (Å²) in [5.41, 5.74) is 1.11. The highest BCUT2D eigenvalue weighted by Gasteiger charge is 2.43. The molecule has 1 aliphatic carbocycles. The molecule has 6 rings (SSSR count). The molecule has 0 radical (unpaired) electrons. The number of carbonyl (C=O) groups excluding carboxylic acids is 1. The van der Waals surface area contributed by atoms with Crippen LogP contribution in [0.3, 0.4) is 0 Å². The number of hydrogen-bond donors (Lipinski definition) is 1. The highest BCUT2D eigenvalue weighted by Crippen LogP contribution is 2.44. The second-order valence-corrected chi connectivity index (χ2v) is 13.2. The van der Waals surface area contributed by atoms with Gasteiger partial charge in [0.25, 0.3) is 5.92 Å². The standard InChI is InChI=1S/C37H38F5N3O5/c1-4-12-36(38,39)25-17-24(18-26(19-25)37(40,41)42)34-22(3)45(35(48)50-34)20-29-33(21(2)15-31(43-29)44-13-5-14-44)28-16-23(7-11-32(46)47)6-10-30(28)49-27-8-9-27/h4,6,10,15-19,22,27,34H,1,5,7-9,11-14,20H2,2-3H3,(H,46,47)/t22-,34-/m0/s1. The predicted molar refractivity (Wildman–Crippen MR) is 175 cm³/mol. The Balaban J connectivity index is 1.40. The van der Waals surface area contributed by atoms with Gasteiger partial charge < -0.3 is 19.5 Å². The van der Waals surface area contributed by atoms with Crippen LogP contribution in [0.2, 0.25) is 0 Å². The number of carbonyl (C=O) groups is 2. The van der Waals surface area contributed by atoms with Gasteiger partial charge in [-0.3, -0.25) is 9.69 Å². The number of cyclic esters (lactones) is 1. The van der Waals surface area contributed by atoms with E-state index in [0.29, 0.717) is 34.5 Å². The van der Waals surface area contributed by atoms with Gasteiger partial charge in [-0.2, -0.15) is 13.2 Å². The number of hydrogen-bond acceptors (Lipinski definition) is 6. The van der Waals surface area contributed by atoms with Crippen LogP contribution in [0.1, 0.15) is 78.6 Å². The number of ether oxygens (including phenoxy) is 2. The molecule has 50 heavy (non-hydrogen) atoms. The number of halogens is 5. The van der Waals surface area contributed by atoms with E-state index in [9.17, 15) is 36.6 Å². The Hall–Kier alpha value is -4.68. The predicted octanol–water partition coefficient (Wildman–Crippen LogP) is 8.59. The Morgan fingerprint density at radius 1 is 1.10 bits per heavy atom. The molecular formula is C37H38F5N3O5. The van der Waals surface area contributed by atoms with Gasteiger partial charge in [-0.1, -0.05) is 12.1 Å².